The maximum absolute atomic E-state index is 14.4. The Balaban J connectivity index is 1.27. The minimum Gasteiger partial charge on any atom is -0.670 e. The maximum atomic E-state index is 14.4. The Kier molecular flexibility index (Phi) is 14.1. The van der Waals surface area contributed by atoms with Gasteiger partial charge in [0.1, 0.15) is 24.6 Å². The Hall–Kier alpha value is -5.55. The molecule has 0 unspecified atom stereocenters. The van der Waals surface area contributed by atoms with Crippen molar-refractivity contribution in [2.24, 2.45) is 16.8 Å². The predicted molar refractivity (Wildman–Crippen MR) is 223 cm³/mol. The molecule has 2 heterocycles. The third kappa shape index (κ3) is 10.7. The van der Waals surface area contributed by atoms with E-state index in [1.807, 2.05) is 30.3 Å². The largest absolute Gasteiger partial charge is 0.670 e. The lowest BCUT2D eigenvalue weighted by Crippen LogP contribution is -2.31. The van der Waals surface area contributed by atoms with E-state index in [1.165, 1.54) is 5.56 Å². The average molecular weight is 772 g/mol. The Morgan fingerprint density at radius 2 is 1.72 bits per heavy atom. The van der Waals surface area contributed by atoms with Crippen LogP contribution in [-0.2, 0) is 36.9 Å². The number of phenolic OH excluding ortho intramolecular Hbond substituents is 2. The van der Waals surface area contributed by atoms with Crippen molar-refractivity contribution in [3.8, 4) is 23.0 Å². The van der Waals surface area contributed by atoms with Gasteiger partial charge in [-0.3, -0.25) is 10.1 Å². The molecule has 0 bridgehead atoms. The molecule has 1 aromatic heterocycles. The normalized spacial score (nSPS) is 14.5. The fourth-order valence-electron chi connectivity index (χ4n) is 7.79. The molecule has 0 aliphatic carbocycles. The standard InChI is InChI=1S/C47H53N3O7/c1-4-34-10-11-35-7-5-6-8-39(35)40(34)24-41-36(12-14-43(53)47(41)56-3)23-38(21-33-16-18-49-28-33)45(55)25-44(54)37(20-32-15-17-48-27-32)19-31-9-13-42(52)46(22-31)57-29-50-26-30(2)51/h5-18,22,27-28,30,37-38,45,50-53,55H,4,19-21,23-26,29H2,1-3H3/t30-,37-,38-,45+/m0/s1. The Bertz CT molecular complexity index is 2180. The lowest BCUT2D eigenvalue weighted by molar-refractivity contribution is -0.125. The summed E-state index contributed by atoms with van der Waals surface area (Å²) in [6.45, 7) is 5.93. The van der Waals surface area contributed by atoms with Gasteiger partial charge in [0.25, 0.3) is 0 Å². The molecular weight excluding hydrogens is 719 g/mol. The number of aliphatic hydroxyl groups excluding tert-OH is 2. The second-order valence-corrected chi connectivity index (χ2v) is 15.0. The molecule has 5 N–H and O–H groups in total. The minimum absolute atomic E-state index is 0.0300. The number of hydrogen-bond acceptors (Lipinski definition) is 9. The van der Waals surface area contributed by atoms with Crippen molar-refractivity contribution in [2.75, 3.05) is 20.4 Å². The fourth-order valence-corrected chi connectivity index (χ4v) is 7.79. The first-order chi connectivity index (χ1) is 27.6. The van der Waals surface area contributed by atoms with Crippen LogP contribution >= 0.6 is 0 Å². The number of aryl methyl sites for hydroxylation is 1. The number of nitrogens with one attached hydrogen (secondary N) is 1. The molecule has 1 aliphatic heterocycles. The van der Waals surface area contributed by atoms with Crippen molar-refractivity contribution in [1.82, 2.24) is 10.3 Å². The van der Waals surface area contributed by atoms with E-state index in [0.717, 1.165) is 50.6 Å². The minimum atomic E-state index is -0.997. The van der Waals surface area contributed by atoms with Gasteiger partial charge in [-0.05, 0) is 89.8 Å². The number of Topliss-reactive ketones (excluding diaryl/α,β-unsaturated/α-hetero) is 1. The number of carbonyl (C=O) groups is 1. The number of ether oxygens (including phenoxy) is 2. The van der Waals surface area contributed by atoms with Crippen molar-refractivity contribution in [3.63, 3.8) is 0 Å². The number of fused-ring (bicyclic) bond motifs is 1. The van der Waals surface area contributed by atoms with Gasteiger partial charge < -0.3 is 34.9 Å². The summed E-state index contributed by atoms with van der Waals surface area (Å²) in [5.41, 5.74) is 6.82. The summed E-state index contributed by atoms with van der Waals surface area (Å²) < 4.78 is 11.6. The van der Waals surface area contributed by atoms with Gasteiger partial charge in [0.2, 0.25) is 0 Å². The Labute approximate surface area is 334 Å². The molecular formula is C47H53N3O7. The summed E-state index contributed by atoms with van der Waals surface area (Å²) in [4.78, 5) is 22.8. The smallest absolute Gasteiger partial charge is 0.176 e. The SMILES string of the molecule is CCc1ccc2ccccc2c1Cc1c(C[C@H](Cc2cc[n-]c2)[C@H](O)CC(=O)[C@H](CC2=C[CH+]N=C2)Cc2ccc(O)c(OCNC[C@H](C)O)c2)ccc(O)c1OC. The summed E-state index contributed by atoms with van der Waals surface area (Å²) in [6, 6.07) is 23.1. The van der Waals surface area contributed by atoms with Crippen LogP contribution < -0.4 is 19.8 Å². The van der Waals surface area contributed by atoms with Crippen molar-refractivity contribution < 1.29 is 34.7 Å². The average Bonchev–Trinajstić information content (AvgIpc) is 3.93. The Morgan fingerprint density at radius 3 is 2.46 bits per heavy atom. The van der Waals surface area contributed by atoms with Crippen LogP contribution in [0.1, 0.15) is 60.1 Å². The molecule has 4 atom stereocenters. The molecule has 5 aromatic rings. The number of carbonyl (C=O) groups excluding carboxylic acids is 1. The molecule has 0 fully saturated rings. The first kappa shape index (κ1) is 41.1. The van der Waals surface area contributed by atoms with Crippen LogP contribution in [0.2, 0.25) is 0 Å². The lowest BCUT2D eigenvalue weighted by Gasteiger charge is -2.26. The third-order valence-electron chi connectivity index (χ3n) is 10.8. The number of methoxy groups -OCH3 is 1. The van der Waals surface area contributed by atoms with E-state index in [2.05, 4.69) is 46.5 Å². The number of phenols is 2. The number of ketones is 1. The van der Waals surface area contributed by atoms with Gasteiger partial charge in [0.15, 0.2) is 29.2 Å². The van der Waals surface area contributed by atoms with Gasteiger partial charge in [-0.25, -0.2) is 0 Å². The van der Waals surface area contributed by atoms with E-state index in [0.29, 0.717) is 44.4 Å². The zero-order valence-corrected chi connectivity index (χ0v) is 32.9. The van der Waals surface area contributed by atoms with Crippen LogP contribution in [0.15, 0.2) is 102 Å². The molecule has 6 rings (SSSR count). The van der Waals surface area contributed by atoms with Crippen LogP contribution in [0.25, 0.3) is 10.8 Å². The molecule has 0 spiro atoms. The monoisotopic (exact) mass is 771 g/mol. The third-order valence-corrected chi connectivity index (χ3v) is 10.8. The zero-order valence-electron chi connectivity index (χ0n) is 32.9. The first-order valence-corrected chi connectivity index (χ1v) is 19.7. The van der Waals surface area contributed by atoms with Crippen molar-refractivity contribution in [2.45, 2.75) is 71.0 Å². The number of aliphatic hydroxyl groups is 2. The van der Waals surface area contributed by atoms with Crippen LogP contribution in [0.3, 0.4) is 0 Å². The number of allylic oxidation sites excluding steroid dienone is 1. The number of nitrogens with zero attached hydrogens (tertiary/aromatic N) is 2. The Morgan fingerprint density at radius 1 is 0.912 bits per heavy atom. The predicted octanol–water partition coefficient (Wildman–Crippen LogP) is 6.82. The van der Waals surface area contributed by atoms with E-state index < -0.39 is 18.1 Å². The van der Waals surface area contributed by atoms with Gasteiger partial charge in [-0.15, -0.1) is 4.99 Å². The number of hydrogen-bond donors (Lipinski definition) is 5. The molecule has 298 valence electrons. The second kappa shape index (κ2) is 19.5. The van der Waals surface area contributed by atoms with Crippen molar-refractivity contribution in [3.05, 3.63) is 137 Å². The number of aromatic hydroxyl groups is 2. The van der Waals surface area contributed by atoms with E-state index in [1.54, 1.807) is 63.5 Å². The highest BCUT2D eigenvalue weighted by Crippen LogP contribution is 2.38. The number of aromatic nitrogens is 1. The molecule has 0 saturated carbocycles. The van der Waals surface area contributed by atoms with Gasteiger partial charge in [-0.2, -0.15) is 12.4 Å². The number of rotatable bonds is 21. The van der Waals surface area contributed by atoms with Crippen molar-refractivity contribution >= 4 is 22.8 Å². The molecule has 0 saturated heterocycles. The molecule has 10 nitrogen and oxygen atoms in total. The van der Waals surface area contributed by atoms with Gasteiger partial charge in [-0.1, -0.05) is 67.1 Å². The van der Waals surface area contributed by atoms with Crippen LogP contribution in [-0.4, -0.2) is 65.0 Å². The summed E-state index contributed by atoms with van der Waals surface area (Å²) in [5.74, 6) is -0.253. The molecule has 0 amide bonds. The highest BCUT2D eigenvalue weighted by Gasteiger charge is 2.31. The topological polar surface area (TPSA) is 155 Å². The quantitative estimate of drug-likeness (QED) is 0.0307. The second-order valence-electron chi connectivity index (χ2n) is 15.0. The van der Waals surface area contributed by atoms with E-state index >= 15 is 0 Å². The number of aliphatic imine (C=N–C) groups is 1. The highest BCUT2D eigenvalue weighted by molar-refractivity contribution is 5.88. The van der Waals surface area contributed by atoms with Crippen LogP contribution in [0, 0.1) is 18.4 Å². The molecule has 57 heavy (non-hydrogen) atoms. The molecule has 1 aliphatic rings. The first-order valence-electron chi connectivity index (χ1n) is 19.7. The van der Waals surface area contributed by atoms with E-state index in [9.17, 15) is 25.2 Å². The molecule has 0 radical (unpaired) electrons. The highest BCUT2D eigenvalue weighted by atomic mass is 16.5. The molecule has 10 heteroatoms. The summed E-state index contributed by atoms with van der Waals surface area (Å²) in [5, 5.41) is 48.4. The van der Waals surface area contributed by atoms with Crippen LogP contribution in [0.4, 0.5) is 0 Å². The summed E-state index contributed by atoms with van der Waals surface area (Å²) >= 11 is 0. The maximum Gasteiger partial charge on any atom is 0.176 e. The van der Waals surface area contributed by atoms with Gasteiger partial charge in [0.05, 0.1) is 25.4 Å². The van der Waals surface area contributed by atoms with Crippen LogP contribution in [0.5, 0.6) is 23.0 Å². The lowest BCUT2D eigenvalue weighted by atomic mass is 9.81. The van der Waals surface area contributed by atoms with Crippen molar-refractivity contribution in [1.29, 1.82) is 0 Å². The zero-order chi connectivity index (χ0) is 40.3. The van der Waals surface area contributed by atoms with Gasteiger partial charge in [0, 0.05) is 37.3 Å². The number of benzene rings is 4. The summed E-state index contributed by atoms with van der Waals surface area (Å²) in [6.07, 6.45) is 8.61. The van der Waals surface area contributed by atoms with E-state index in [4.69, 9.17) is 9.47 Å². The summed E-state index contributed by atoms with van der Waals surface area (Å²) in [7, 11) is 1.56. The van der Waals surface area contributed by atoms with E-state index in [-0.39, 0.29) is 42.1 Å². The van der Waals surface area contributed by atoms with Gasteiger partial charge >= 0.3 is 0 Å². The fraction of sp³-hybridized carbons (Fsp3) is 0.340. The molecule has 4 aromatic carbocycles.